The van der Waals surface area contributed by atoms with Crippen molar-refractivity contribution in [2.24, 2.45) is 5.92 Å². The van der Waals surface area contributed by atoms with Crippen molar-refractivity contribution in [2.45, 2.75) is 51.7 Å². The summed E-state index contributed by atoms with van der Waals surface area (Å²) in [6, 6.07) is 0. The molecule has 4 nitrogen and oxygen atoms in total. The molecule has 0 aromatic carbocycles. The average Bonchev–Trinajstić information content (AvgIpc) is 2.09. The van der Waals surface area contributed by atoms with Crippen molar-refractivity contribution >= 4 is 5.97 Å². The molecule has 1 atom stereocenters. The van der Waals surface area contributed by atoms with Gasteiger partial charge in [-0.25, -0.2) is 0 Å². The smallest absolute Gasteiger partial charge is 0.311 e. The molecule has 84 valence electrons. The molecule has 0 aromatic rings. The fourth-order valence-corrected chi connectivity index (χ4v) is 1.37. The Balaban J connectivity index is 3.57. The highest BCUT2D eigenvalue weighted by Crippen LogP contribution is 2.14. The zero-order valence-electron chi connectivity index (χ0n) is 8.65. The minimum Gasteiger partial charge on any atom is -0.481 e. The van der Waals surface area contributed by atoms with Crippen molar-refractivity contribution in [2.75, 3.05) is 0 Å². The van der Waals surface area contributed by atoms with Crippen LogP contribution in [-0.2, 0) is 4.79 Å². The largest absolute Gasteiger partial charge is 0.481 e. The van der Waals surface area contributed by atoms with E-state index in [1.165, 1.54) is 0 Å². The maximum Gasteiger partial charge on any atom is 0.311 e. The third-order valence-electron chi connectivity index (χ3n) is 2.30. The van der Waals surface area contributed by atoms with Gasteiger partial charge in [-0.2, -0.15) is 0 Å². The molecule has 4 heteroatoms. The van der Waals surface area contributed by atoms with E-state index in [9.17, 15) is 4.79 Å². The summed E-state index contributed by atoms with van der Waals surface area (Å²) in [4.78, 5) is 10.5. The van der Waals surface area contributed by atoms with Gasteiger partial charge in [0.05, 0.1) is 0 Å². The average molecular weight is 204 g/mol. The van der Waals surface area contributed by atoms with E-state index in [-0.39, 0.29) is 0 Å². The molecule has 0 aliphatic rings. The second kappa shape index (κ2) is 7.76. The van der Waals surface area contributed by atoms with Crippen LogP contribution < -0.4 is 0 Å². The number of rotatable bonds is 8. The first kappa shape index (κ1) is 13.4. The van der Waals surface area contributed by atoms with Gasteiger partial charge in [0.1, 0.15) is 5.92 Å². The second-order valence-electron chi connectivity index (χ2n) is 3.56. The number of carbonyl (C=O) groups is 1. The Labute approximate surface area is 84.6 Å². The first-order chi connectivity index (χ1) is 6.59. The fraction of sp³-hybridized carbons (Fsp3) is 0.900. The van der Waals surface area contributed by atoms with Gasteiger partial charge in [-0.3, -0.25) is 4.79 Å². The molecule has 0 fully saturated rings. The third kappa shape index (κ3) is 5.94. The molecule has 0 bridgehead atoms. The lowest BCUT2D eigenvalue weighted by molar-refractivity contribution is -0.159. The van der Waals surface area contributed by atoms with Crippen LogP contribution in [0.5, 0.6) is 0 Å². The van der Waals surface area contributed by atoms with E-state index in [0.717, 1.165) is 32.1 Å². The summed E-state index contributed by atoms with van der Waals surface area (Å²) in [7, 11) is 0. The van der Waals surface area contributed by atoms with Crippen LogP contribution in [0.2, 0.25) is 0 Å². The molecule has 3 N–H and O–H groups in total. The highest BCUT2D eigenvalue weighted by Gasteiger charge is 2.23. The zero-order valence-corrected chi connectivity index (χ0v) is 8.65. The lowest BCUT2D eigenvalue weighted by Crippen LogP contribution is -2.27. The van der Waals surface area contributed by atoms with Gasteiger partial charge in [-0.15, -0.1) is 0 Å². The van der Waals surface area contributed by atoms with Crippen molar-refractivity contribution in [3.05, 3.63) is 0 Å². The molecule has 0 heterocycles. The summed E-state index contributed by atoms with van der Waals surface area (Å²) in [5.41, 5.74) is 0. The number of aliphatic carboxylic acids is 1. The summed E-state index contributed by atoms with van der Waals surface area (Å²) < 4.78 is 0. The first-order valence-corrected chi connectivity index (χ1v) is 5.18. The van der Waals surface area contributed by atoms with E-state index < -0.39 is 18.2 Å². The predicted molar refractivity (Wildman–Crippen MR) is 52.7 cm³/mol. The van der Waals surface area contributed by atoms with Crippen LogP contribution in [0, 0.1) is 5.92 Å². The number of unbranched alkanes of at least 4 members (excludes halogenated alkanes) is 4. The van der Waals surface area contributed by atoms with E-state index in [1.54, 1.807) is 0 Å². The molecule has 0 saturated carbocycles. The van der Waals surface area contributed by atoms with E-state index in [4.69, 9.17) is 15.3 Å². The predicted octanol–water partition coefficient (Wildman–Crippen LogP) is 1.36. The van der Waals surface area contributed by atoms with Gasteiger partial charge in [-0.05, 0) is 6.42 Å². The molecule has 0 aliphatic heterocycles. The number of hydrogen-bond acceptors (Lipinski definition) is 3. The number of carboxylic acid groups (broad SMARTS) is 1. The van der Waals surface area contributed by atoms with Gasteiger partial charge in [0, 0.05) is 0 Å². The van der Waals surface area contributed by atoms with Crippen LogP contribution in [-0.4, -0.2) is 27.6 Å². The van der Waals surface area contributed by atoms with Gasteiger partial charge in [0.15, 0.2) is 6.29 Å². The maximum atomic E-state index is 10.5. The van der Waals surface area contributed by atoms with E-state index >= 15 is 0 Å². The Hall–Kier alpha value is -0.610. The van der Waals surface area contributed by atoms with Crippen molar-refractivity contribution in [3.63, 3.8) is 0 Å². The van der Waals surface area contributed by atoms with Crippen molar-refractivity contribution in [1.29, 1.82) is 0 Å². The zero-order chi connectivity index (χ0) is 11.0. The molecule has 1 unspecified atom stereocenters. The summed E-state index contributed by atoms with van der Waals surface area (Å²) in [5, 5.41) is 26.1. The van der Waals surface area contributed by atoms with Crippen LogP contribution in [0.25, 0.3) is 0 Å². The van der Waals surface area contributed by atoms with Gasteiger partial charge < -0.3 is 15.3 Å². The molecule has 0 radical (unpaired) electrons. The topological polar surface area (TPSA) is 77.8 Å². The molecule has 0 amide bonds. The number of hydrogen-bond donors (Lipinski definition) is 3. The Bertz CT molecular complexity index is 156. The summed E-state index contributed by atoms with van der Waals surface area (Å²) in [5.74, 6) is -2.16. The van der Waals surface area contributed by atoms with E-state index in [2.05, 4.69) is 6.92 Å². The van der Waals surface area contributed by atoms with Gasteiger partial charge in [0.2, 0.25) is 0 Å². The first-order valence-electron chi connectivity index (χ1n) is 5.18. The number of carboxylic acids is 1. The highest BCUT2D eigenvalue weighted by molar-refractivity contribution is 5.70. The Morgan fingerprint density at radius 3 is 2.14 bits per heavy atom. The molecule has 0 spiro atoms. The van der Waals surface area contributed by atoms with Gasteiger partial charge in [0.25, 0.3) is 0 Å². The van der Waals surface area contributed by atoms with Crippen LogP contribution in [0.3, 0.4) is 0 Å². The Morgan fingerprint density at radius 1 is 1.14 bits per heavy atom. The monoisotopic (exact) mass is 204 g/mol. The van der Waals surface area contributed by atoms with Crippen molar-refractivity contribution in [1.82, 2.24) is 0 Å². The van der Waals surface area contributed by atoms with Crippen LogP contribution in [0.4, 0.5) is 0 Å². The molecule has 0 aliphatic carbocycles. The minimum atomic E-state index is -1.74. The molecular weight excluding hydrogens is 184 g/mol. The van der Waals surface area contributed by atoms with Crippen LogP contribution in [0.1, 0.15) is 45.4 Å². The summed E-state index contributed by atoms with van der Waals surface area (Å²) in [6.07, 6.45) is 3.70. The molecule has 0 aromatic heterocycles. The quantitative estimate of drug-likeness (QED) is 0.412. The lowest BCUT2D eigenvalue weighted by atomic mass is 10.00. The summed E-state index contributed by atoms with van der Waals surface area (Å²) in [6.45, 7) is 2.11. The number of aliphatic hydroxyl groups excluding tert-OH is 1. The normalized spacial score (nSPS) is 13.1. The SMILES string of the molecule is CCCCCCCC(C(=O)O)C(O)O. The van der Waals surface area contributed by atoms with Crippen molar-refractivity contribution < 1.29 is 20.1 Å². The highest BCUT2D eigenvalue weighted by atomic mass is 16.5. The minimum absolute atomic E-state index is 0.344. The standard InChI is InChI=1S/C10H20O4/c1-2-3-4-5-6-7-8(9(11)12)10(13)14/h8-9,11-12H,2-7H2,1H3,(H,13,14). The van der Waals surface area contributed by atoms with Crippen molar-refractivity contribution in [3.8, 4) is 0 Å². The fourth-order valence-electron chi connectivity index (χ4n) is 1.37. The maximum absolute atomic E-state index is 10.5. The van der Waals surface area contributed by atoms with E-state index in [1.807, 2.05) is 0 Å². The second-order valence-corrected chi connectivity index (χ2v) is 3.56. The van der Waals surface area contributed by atoms with Gasteiger partial charge >= 0.3 is 5.97 Å². The van der Waals surface area contributed by atoms with E-state index in [0.29, 0.717) is 6.42 Å². The van der Waals surface area contributed by atoms with Gasteiger partial charge in [-0.1, -0.05) is 39.0 Å². The summed E-state index contributed by atoms with van der Waals surface area (Å²) >= 11 is 0. The molecular formula is C10H20O4. The van der Waals surface area contributed by atoms with Crippen LogP contribution in [0.15, 0.2) is 0 Å². The van der Waals surface area contributed by atoms with Crippen LogP contribution >= 0.6 is 0 Å². The lowest BCUT2D eigenvalue weighted by Gasteiger charge is -2.13. The Morgan fingerprint density at radius 2 is 1.71 bits per heavy atom. The molecule has 0 rings (SSSR count). The Kier molecular flexibility index (Phi) is 7.42. The third-order valence-corrected chi connectivity index (χ3v) is 2.30. The number of aliphatic hydroxyl groups is 2. The molecule has 0 saturated heterocycles. The molecule has 14 heavy (non-hydrogen) atoms.